The van der Waals surface area contributed by atoms with E-state index in [0.717, 1.165) is 22.5 Å². The number of anilines is 1. The van der Waals surface area contributed by atoms with Crippen molar-refractivity contribution in [1.29, 1.82) is 0 Å². The molecule has 0 radical (unpaired) electrons. The van der Waals surface area contributed by atoms with Crippen molar-refractivity contribution in [3.63, 3.8) is 0 Å². The van der Waals surface area contributed by atoms with Crippen LogP contribution in [0.1, 0.15) is 62.5 Å². The molecule has 1 aromatic heterocycles. The number of fused-ring (bicyclic) bond motifs is 1. The van der Waals surface area contributed by atoms with Crippen LogP contribution in [0.5, 0.6) is 0 Å². The SMILES string of the molecule is COC(=O)CCCN1C(=S)N[C@H](c2ccccn2)[C@H]1c1cc2c(cc1Cl)N(C)C(C)(C)C=C2C. The zero-order valence-corrected chi connectivity index (χ0v) is 21.8. The van der Waals surface area contributed by atoms with Gasteiger partial charge in [-0.05, 0) is 74.8 Å². The van der Waals surface area contributed by atoms with E-state index in [1.54, 1.807) is 6.20 Å². The molecule has 34 heavy (non-hydrogen) atoms. The zero-order chi connectivity index (χ0) is 24.6. The molecule has 1 aromatic carbocycles. The molecule has 0 amide bonds. The number of nitrogens with one attached hydrogen (secondary N) is 1. The van der Waals surface area contributed by atoms with Gasteiger partial charge < -0.3 is 19.9 Å². The van der Waals surface area contributed by atoms with Gasteiger partial charge in [-0.2, -0.15) is 0 Å². The van der Waals surface area contributed by atoms with E-state index in [1.807, 2.05) is 18.2 Å². The predicted octanol–water partition coefficient (Wildman–Crippen LogP) is 5.29. The van der Waals surface area contributed by atoms with E-state index < -0.39 is 0 Å². The van der Waals surface area contributed by atoms with E-state index in [4.69, 9.17) is 28.6 Å². The molecule has 1 saturated heterocycles. The van der Waals surface area contributed by atoms with E-state index >= 15 is 0 Å². The summed E-state index contributed by atoms with van der Waals surface area (Å²) in [5.74, 6) is -0.228. The van der Waals surface area contributed by atoms with E-state index in [-0.39, 0.29) is 23.6 Å². The van der Waals surface area contributed by atoms with Crippen LogP contribution in [-0.4, -0.2) is 47.2 Å². The van der Waals surface area contributed by atoms with Gasteiger partial charge in [-0.25, -0.2) is 0 Å². The summed E-state index contributed by atoms with van der Waals surface area (Å²) in [5, 5.41) is 4.77. The molecule has 180 valence electrons. The molecule has 6 nitrogen and oxygen atoms in total. The lowest BCUT2D eigenvalue weighted by atomic mass is 9.86. The fourth-order valence-electron chi connectivity index (χ4n) is 4.90. The molecule has 8 heteroatoms. The number of carbonyl (C=O) groups is 1. The van der Waals surface area contributed by atoms with Crippen molar-refractivity contribution in [2.75, 3.05) is 25.6 Å². The molecule has 2 aliphatic rings. The average molecular weight is 499 g/mol. The van der Waals surface area contributed by atoms with Crippen LogP contribution in [0.3, 0.4) is 0 Å². The second-order valence-electron chi connectivity index (χ2n) is 9.43. The number of likely N-dealkylation sites (N-methyl/N-ethyl adjacent to an activating group) is 1. The summed E-state index contributed by atoms with van der Waals surface area (Å²) in [6, 6.07) is 9.81. The van der Waals surface area contributed by atoms with Gasteiger partial charge in [-0.3, -0.25) is 9.78 Å². The fourth-order valence-corrected chi connectivity index (χ4v) is 5.50. The third kappa shape index (κ3) is 4.51. The maximum Gasteiger partial charge on any atom is 0.305 e. The maximum atomic E-state index is 11.7. The first-order valence-electron chi connectivity index (χ1n) is 11.5. The van der Waals surface area contributed by atoms with E-state index in [9.17, 15) is 4.79 Å². The second-order valence-corrected chi connectivity index (χ2v) is 10.2. The van der Waals surface area contributed by atoms with Crippen molar-refractivity contribution >= 4 is 46.2 Å². The minimum absolute atomic E-state index is 0.102. The zero-order valence-electron chi connectivity index (χ0n) is 20.3. The van der Waals surface area contributed by atoms with Gasteiger partial charge >= 0.3 is 5.97 Å². The lowest BCUT2D eigenvalue weighted by Gasteiger charge is -2.41. The van der Waals surface area contributed by atoms with Crippen LogP contribution in [0.4, 0.5) is 5.69 Å². The van der Waals surface area contributed by atoms with E-state index in [1.165, 1.54) is 12.7 Å². The first-order valence-corrected chi connectivity index (χ1v) is 12.2. The molecular weight excluding hydrogens is 468 g/mol. The third-order valence-corrected chi connectivity index (χ3v) is 7.54. The highest BCUT2D eigenvalue weighted by atomic mass is 35.5. The van der Waals surface area contributed by atoms with Gasteiger partial charge in [0, 0.05) is 42.5 Å². The lowest BCUT2D eigenvalue weighted by molar-refractivity contribution is -0.140. The molecule has 0 bridgehead atoms. The van der Waals surface area contributed by atoms with Gasteiger partial charge in [0.15, 0.2) is 5.11 Å². The molecular formula is C26H31ClN4O2S. The number of carbonyl (C=O) groups excluding carboxylic acids is 1. The van der Waals surface area contributed by atoms with Gasteiger partial charge in [-0.15, -0.1) is 0 Å². The van der Waals surface area contributed by atoms with Gasteiger partial charge in [0.25, 0.3) is 0 Å². The molecule has 0 spiro atoms. The topological polar surface area (TPSA) is 57.7 Å². The van der Waals surface area contributed by atoms with Gasteiger partial charge in [0.05, 0.1) is 30.4 Å². The molecule has 0 unspecified atom stereocenters. The lowest BCUT2D eigenvalue weighted by Crippen LogP contribution is -2.42. The van der Waals surface area contributed by atoms with E-state index in [0.29, 0.717) is 29.5 Å². The summed E-state index contributed by atoms with van der Waals surface area (Å²) >= 11 is 12.7. The summed E-state index contributed by atoms with van der Waals surface area (Å²) < 4.78 is 4.82. The minimum atomic E-state index is -0.228. The number of aromatic nitrogens is 1. The highest BCUT2D eigenvalue weighted by molar-refractivity contribution is 7.80. The number of nitrogens with zero attached hydrogens (tertiary/aromatic N) is 3. The Morgan fingerprint density at radius 2 is 2.09 bits per heavy atom. The normalized spacial score (nSPS) is 21.1. The molecule has 2 aliphatic heterocycles. The van der Waals surface area contributed by atoms with Crippen LogP contribution in [0.2, 0.25) is 5.02 Å². The molecule has 2 atom stereocenters. The van der Waals surface area contributed by atoms with Crippen LogP contribution in [0.25, 0.3) is 5.57 Å². The van der Waals surface area contributed by atoms with Crippen LogP contribution >= 0.6 is 23.8 Å². The van der Waals surface area contributed by atoms with Crippen molar-refractivity contribution in [2.45, 2.75) is 51.2 Å². The Morgan fingerprint density at radius 1 is 1.32 bits per heavy atom. The molecule has 1 fully saturated rings. The predicted molar refractivity (Wildman–Crippen MR) is 141 cm³/mol. The highest BCUT2D eigenvalue weighted by Gasteiger charge is 2.41. The van der Waals surface area contributed by atoms with Crippen LogP contribution < -0.4 is 10.2 Å². The Morgan fingerprint density at radius 3 is 2.76 bits per heavy atom. The summed E-state index contributed by atoms with van der Waals surface area (Å²) in [6.45, 7) is 7.14. The number of thiocarbonyl (C=S) groups is 1. The summed E-state index contributed by atoms with van der Waals surface area (Å²) in [6.07, 6.45) is 5.03. The molecule has 0 aliphatic carbocycles. The number of halogens is 1. The number of benzene rings is 1. The Bertz CT molecular complexity index is 1140. The summed E-state index contributed by atoms with van der Waals surface area (Å²) in [5.41, 5.74) is 5.27. The number of hydrogen-bond acceptors (Lipinski definition) is 5. The first kappa shape index (κ1) is 24.5. The minimum Gasteiger partial charge on any atom is -0.469 e. The smallest absolute Gasteiger partial charge is 0.305 e. The number of ether oxygens (including phenoxy) is 1. The van der Waals surface area contributed by atoms with Gasteiger partial charge in [0.1, 0.15) is 0 Å². The van der Waals surface area contributed by atoms with E-state index in [2.05, 4.69) is 66.1 Å². The molecule has 4 rings (SSSR count). The molecule has 1 N–H and O–H groups in total. The number of allylic oxidation sites excluding steroid dienone is 1. The number of pyridine rings is 1. The number of esters is 1. The van der Waals surface area contributed by atoms with Crippen molar-refractivity contribution < 1.29 is 9.53 Å². The van der Waals surface area contributed by atoms with Crippen LogP contribution in [0, 0.1) is 0 Å². The fraction of sp³-hybridized carbons (Fsp3) is 0.423. The second kappa shape index (κ2) is 9.55. The van der Waals surface area contributed by atoms with Crippen molar-refractivity contribution in [2.24, 2.45) is 0 Å². The largest absolute Gasteiger partial charge is 0.469 e. The standard InChI is InChI=1S/C26H31ClN4O2S/c1-16-15-26(2,3)30(4)21-14-19(27)18(13-17(16)21)24-23(20-9-6-7-11-28-20)29-25(34)31(24)12-8-10-22(32)33-5/h6-7,9,11,13-15,23-24H,8,10,12H2,1-5H3,(H,29,34)/t23-,24-/m1/s1. The molecule has 3 heterocycles. The van der Waals surface area contributed by atoms with Crippen molar-refractivity contribution in [3.8, 4) is 0 Å². The quantitative estimate of drug-likeness (QED) is 0.428. The van der Waals surface area contributed by atoms with Crippen LogP contribution in [0.15, 0.2) is 42.6 Å². The average Bonchev–Trinajstić information content (AvgIpc) is 3.13. The third-order valence-electron chi connectivity index (χ3n) is 6.86. The van der Waals surface area contributed by atoms with Gasteiger partial charge in [-0.1, -0.05) is 23.7 Å². The summed E-state index contributed by atoms with van der Waals surface area (Å²) in [7, 11) is 3.51. The Labute approximate surface area is 211 Å². The Hall–Kier alpha value is -2.64. The monoisotopic (exact) mass is 498 g/mol. The molecule has 2 aromatic rings. The first-order chi connectivity index (χ1) is 16.1. The molecule has 0 saturated carbocycles. The number of hydrogen-bond donors (Lipinski definition) is 1. The Balaban J connectivity index is 1.78. The van der Waals surface area contributed by atoms with Crippen molar-refractivity contribution in [1.82, 2.24) is 15.2 Å². The summed E-state index contributed by atoms with van der Waals surface area (Å²) in [4.78, 5) is 20.7. The Kier molecular flexibility index (Phi) is 6.87. The van der Waals surface area contributed by atoms with Gasteiger partial charge in [0.2, 0.25) is 0 Å². The highest BCUT2D eigenvalue weighted by Crippen LogP contribution is 2.46. The number of methoxy groups -OCH3 is 1. The maximum absolute atomic E-state index is 11.7. The van der Waals surface area contributed by atoms with Crippen LogP contribution in [-0.2, 0) is 9.53 Å². The van der Waals surface area contributed by atoms with Crippen molar-refractivity contribution in [3.05, 3.63) is 64.4 Å². The number of rotatable bonds is 6.